The molecule has 0 saturated carbocycles. The second kappa shape index (κ2) is 3.94. The number of ether oxygens (including phenoxy) is 1. The summed E-state index contributed by atoms with van der Waals surface area (Å²) in [7, 11) is 3.60. The summed E-state index contributed by atoms with van der Waals surface area (Å²) >= 11 is 1.70. The Morgan fingerprint density at radius 2 is 2.36 bits per heavy atom. The van der Waals surface area contributed by atoms with Gasteiger partial charge in [-0.05, 0) is 25.2 Å². The molecule has 0 atom stereocenters. The summed E-state index contributed by atoms with van der Waals surface area (Å²) in [6.45, 7) is 0.821. The van der Waals surface area contributed by atoms with Crippen LogP contribution in [0, 0.1) is 0 Å². The molecule has 0 radical (unpaired) electrons. The number of methoxy groups -OCH3 is 1. The smallest absolute Gasteiger partial charge is 0.120 e. The van der Waals surface area contributed by atoms with Gasteiger partial charge < -0.3 is 10.1 Å². The summed E-state index contributed by atoms with van der Waals surface area (Å²) in [5.41, 5.74) is 1.04. The molecule has 4 heteroatoms. The molecule has 0 aliphatic carbocycles. The molecule has 0 saturated heterocycles. The number of nitrogens with zero attached hydrogens (tertiary/aromatic N) is 1. The van der Waals surface area contributed by atoms with Gasteiger partial charge in [0, 0.05) is 6.54 Å². The topological polar surface area (TPSA) is 34.2 Å². The maximum absolute atomic E-state index is 5.15. The van der Waals surface area contributed by atoms with E-state index in [1.54, 1.807) is 18.4 Å². The van der Waals surface area contributed by atoms with E-state index >= 15 is 0 Å². The van der Waals surface area contributed by atoms with Crippen LogP contribution in [-0.2, 0) is 6.54 Å². The molecular weight excluding hydrogens is 196 g/mol. The van der Waals surface area contributed by atoms with E-state index in [1.165, 1.54) is 4.70 Å². The average Bonchev–Trinajstić information content (AvgIpc) is 2.59. The Kier molecular flexibility index (Phi) is 2.65. The first-order valence-corrected chi connectivity index (χ1v) is 5.23. The fourth-order valence-electron chi connectivity index (χ4n) is 1.31. The van der Waals surface area contributed by atoms with Crippen molar-refractivity contribution in [1.29, 1.82) is 0 Å². The standard InChI is InChI=1S/C10H12N2OS/c1-11-6-10-12-8-4-3-7(13-2)5-9(8)14-10/h3-5,11H,6H2,1-2H3. The van der Waals surface area contributed by atoms with Crippen LogP contribution in [0.1, 0.15) is 5.01 Å². The van der Waals surface area contributed by atoms with E-state index in [-0.39, 0.29) is 0 Å². The summed E-state index contributed by atoms with van der Waals surface area (Å²) in [6.07, 6.45) is 0. The third kappa shape index (κ3) is 1.71. The van der Waals surface area contributed by atoms with Crippen molar-refractivity contribution in [2.24, 2.45) is 0 Å². The molecule has 2 rings (SSSR count). The molecule has 3 nitrogen and oxygen atoms in total. The summed E-state index contributed by atoms with van der Waals surface area (Å²) < 4.78 is 6.33. The molecule has 1 heterocycles. The third-order valence-electron chi connectivity index (χ3n) is 1.97. The predicted molar refractivity (Wildman–Crippen MR) is 58.9 cm³/mol. The number of hydrogen-bond donors (Lipinski definition) is 1. The van der Waals surface area contributed by atoms with E-state index in [2.05, 4.69) is 10.3 Å². The fraction of sp³-hybridized carbons (Fsp3) is 0.300. The highest BCUT2D eigenvalue weighted by molar-refractivity contribution is 7.18. The van der Waals surface area contributed by atoms with Gasteiger partial charge in [0.05, 0.1) is 17.3 Å². The Balaban J connectivity index is 2.43. The van der Waals surface area contributed by atoms with Crippen LogP contribution in [0.2, 0.25) is 0 Å². The van der Waals surface area contributed by atoms with E-state index < -0.39 is 0 Å². The highest BCUT2D eigenvalue weighted by Gasteiger charge is 2.03. The number of nitrogens with one attached hydrogen (secondary N) is 1. The number of hydrogen-bond acceptors (Lipinski definition) is 4. The van der Waals surface area contributed by atoms with Crippen molar-refractivity contribution in [3.63, 3.8) is 0 Å². The summed E-state index contributed by atoms with van der Waals surface area (Å²) in [4.78, 5) is 4.48. The van der Waals surface area contributed by atoms with Crippen LogP contribution in [0.15, 0.2) is 18.2 Å². The molecule has 0 bridgehead atoms. The van der Waals surface area contributed by atoms with Gasteiger partial charge in [0.1, 0.15) is 10.8 Å². The zero-order chi connectivity index (χ0) is 9.97. The van der Waals surface area contributed by atoms with E-state index in [9.17, 15) is 0 Å². The number of thiazole rings is 1. The van der Waals surface area contributed by atoms with Gasteiger partial charge in [0.25, 0.3) is 0 Å². The number of aromatic nitrogens is 1. The van der Waals surface area contributed by atoms with Crippen LogP contribution in [-0.4, -0.2) is 19.1 Å². The van der Waals surface area contributed by atoms with Crippen molar-refractivity contribution in [2.45, 2.75) is 6.54 Å². The van der Waals surface area contributed by atoms with Gasteiger partial charge in [-0.15, -0.1) is 11.3 Å². The Morgan fingerprint density at radius 1 is 1.50 bits per heavy atom. The number of benzene rings is 1. The lowest BCUT2D eigenvalue weighted by Gasteiger charge is -1.96. The van der Waals surface area contributed by atoms with Gasteiger partial charge in [-0.2, -0.15) is 0 Å². The SMILES string of the molecule is CNCc1nc2ccc(OC)cc2s1. The molecule has 0 unspecified atom stereocenters. The van der Waals surface area contributed by atoms with Crippen molar-refractivity contribution in [3.8, 4) is 5.75 Å². The average molecular weight is 208 g/mol. The zero-order valence-corrected chi connectivity index (χ0v) is 9.02. The molecule has 0 aliphatic heterocycles. The van der Waals surface area contributed by atoms with Crippen molar-refractivity contribution in [2.75, 3.05) is 14.2 Å². The summed E-state index contributed by atoms with van der Waals surface area (Å²) in [5, 5.41) is 4.20. The van der Waals surface area contributed by atoms with Gasteiger partial charge in [0.15, 0.2) is 0 Å². The minimum Gasteiger partial charge on any atom is -0.497 e. The Labute approximate surface area is 86.7 Å². The van der Waals surface area contributed by atoms with E-state index in [0.29, 0.717) is 0 Å². The minimum absolute atomic E-state index is 0.821. The van der Waals surface area contributed by atoms with E-state index in [4.69, 9.17) is 4.74 Å². The lowest BCUT2D eigenvalue weighted by atomic mass is 10.3. The molecule has 2 aromatic rings. The van der Waals surface area contributed by atoms with Crippen molar-refractivity contribution < 1.29 is 4.74 Å². The minimum atomic E-state index is 0.821. The van der Waals surface area contributed by atoms with Crippen LogP contribution in [0.5, 0.6) is 5.75 Å². The van der Waals surface area contributed by atoms with Crippen LogP contribution >= 0.6 is 11.3 Å². The van der Waals surface area contributed by atoms with Crippen LogP contribution < -0.4 is 10.1 Å². The molecule has 1 aromatic heterocycles. The van der Waals surface area contributed by atoms with Gasteiger partial charge in [-0.3, -0.25) is 0 Å². The molecule has 1 N–H and O–H groups in total. The number of fused-ring (bicyclic) bond motifs is 1. The van der Waals surface area contributed by atoms with Gasteiger partial charge in [0.2, 0.25) is 0 Å². The fourth-order valence-corrected chi connectivity index (χ4v) is 2.31. The Bertz CT molecular complexity index is 439. The largest absolute Gasteiger partial charge is 0.497 e. The first-order valence-electron chi connectivity index (χ1n) is 4.41. The molecular formula is C10H12N2OS. The lowest BCUT2D eigenvalue weighted by molar-refractivity contribution is 0.415. The lowest BCUT2D eigenvalue weighted by Crippen LogP contribution is -2.03. The van der Waals surface area contributed by atoms with Crippen LogP contribution in [0.3, 0.4) is 0 Å². The molecule has 0 aliphatic rings. The molecule has 74 valence electrons. The number of rotatable bonds is 3. The second-order valence-corrected chi connectivity index (χ2v) is 4.09. The molecule has 0 amide bonds. The highest BCUT2D eigenvalue weighted by Crippen LogP contribution is 2.25. The molecule has 0 spiro atoms. The maximum Gasteiger partial charge on any atom is 0.120 e. The van der Waals surface area contributed by atoms with Crippen molar-refractivity contribution in [3.05, 3.63) is 23.2 Å². The third-order valence-corrected chi connectivity index (χ3v) is 2.99. The van der Waals surface area contributed by atoms with E-state index in [1.807, 2.05) is 25.2 Å². The van der Waals surface area contributed by atoms with Crippen molar-refractivity contribution >= 4 is 21.6 Å². The van der Waals surface area contributed by atoms with Crippen molar-refractivity contribution in [1.82, 2.24) is 10.3 Å². The van der Waals surface area contributed by atoms with Gasteiger partial charge in [-0.25, -0.2) is 4.98 Å². The Morgan fingerprint density at radius 3 is 3.07 bits per heavy atom. The van der Waals surface area contributed by atoms with Crippen LogP contribution in [0.4, 0.5) is 0 Å². The first kappa shape index (κ1) is 9.43. The summed E-state index contributed by atoms with van der Waals surface area (Å²) in [5.74, 6) is 0.886. The second-order valence-electron chi connectivity index (χ2n) is 2.97. The summed E-state index contributed by atoms with van der Waals surface area (Å²) in [6, 6.07) is 5.95. The Hall–Kier alpha value is -1.13. The van der Waals surface area contributed by atoms with Gasteiger partial charge in [-0.1, -0.05) is 0 Å². The maximum atomic E-state index is 5.15. The quantitative estimate of drug-likeness (QED) is 0.838. The highest BCUT2D eigenvalue weighted by atomic mass is 32.1. The first-order chi connectivity index (χ1) is 6.83. The predicted octanol–water partition coefficient (Wildman–Crippen LogP) is 2.02. The van der Waals surface area contributed by atoms with Gasteiger partial charge >= 0.3 is 0 Å². The normalized spacial score (nSPS) is 10.7. The molecule has 0 fully saturated rings. The van der Waals surface area contributed by atoms with Crippen LogP contribution in [0.25, 0.3) is 10.2 Å². The molecule has 1 aromatic carbocycles. The van der Waals surface area contributed by atoms with E-state index in [0.717, 1.165) is 22.8 Å². The molecule has 14 heavy (non-hydrogen) atoms. The monoisotopic (exact) mass is 208 g/mol. The zero-order valence-electron chi connectivity index (χ0n) is 8.20.